The van der Waals surface area contributed by atoms with E-state index in [1.54, 1.807) is 36.4 Å². The highest BCUT2D eigenvalue weighted by atomic mass is 35.5. The van der Waals surface area contributed by atoms with Crippen LogP contribution in [-0.2, 0) is 10.0 Å². The van der Waals surface area contributed by atoms with Crippen LogP contribution >= 0.6 is 11.6 Å². The maximum atomic E-state index is 12.6. The molecular weight excluding hydrogens is 428 g/mol. The summed E-state index contributed by atoms with van der Waals surface area (Å²) < 4.78 is 37.8. The fraction of sp³-hybridized carbons (Fsp3) is 0.0952. The van der Waals surface area contributed by atoms with E-state index in [1.807, 2.05) is 0 Å². The van der Waals surface area contributed by atoms with Crippen LogP contribution in [0.25, 0.3) is 0 Å². The molecule has 1 amide bonds. The first kappa shape index (κ1) is 21.5. The summed E-state index contributed by atoms with van der Waals surface area (Å²) in [6.07, 6.45) is 0. The monoisotopic (exact) mass is 446 g/mol. The molecule has 0 heterocycles. The Labute approximate surface area is 179 Å². The first-order chi connectivity index (χ1) is 14.3. The molecule has 0 radical (unpaired) electrons. The number of sulfonamides is 1. The molecule has 156 valence electrons. The van der Waals surface area contributed by atoms with Crippen LogP contribution in [0.2, 0.25) is 5.02 Å². The molecular formula is C21H19ClN2O5S. The lowest BCUT2D eigenvalue weighted by Gasteiger charge is -2.12. The molecule has 0 aliphatic carbocycles. The van der Waals surface area contributed by atoms with Gasteiger partial charge in [-0.2, -0.15) is 0 Å². The highest BCUT2D eigenvalue weighted by Crippen LogP contribution is 2.27. The maximum Gasteiger partial charge on any atom is 0.261 e. The number of ether oxygens (including phenoxy) is 2. The Morgan fingerprint density at radius 2 is 1.63 bits per heavy atom. The van der Waals surface area contributed by atoms with Gasteiger partial charge < -0.3 is 14.8 Å². The number of para-hydroxylation sites is 2. The number of halogens is 1. The van der Waals surface area contributed by atoms with Gasteiger partial charge in [-0.15, -0.1) is 0 Å². The average molecular weight is 447 g/mol. The van der Waals surface area contributed by atoms with Crippen LogP contribution in [-0.4, -0.2) is 28.5 Å². The summed E-state index contributed by atoms with van der Waals surface area (Å²) in [7, 11) is -0.830. The van der Waals surface area contributed by atoms with Crippen LogP contribution < -0.4 is 19.5 Å². The first-order valence-electron chi connectivity index (χ1n) is 8.75. The van der Waals surface area contributed by atoms with Gasteiger partial charge >= 0.3 is 0 Å². The minimum absolute atomic E-state index is 0.0671. The third-order valence-electron chi connectivity index (χ3n) is 4.19. The molecule has 2 N–H and O–H groups in total. The molecule has 0 fully saturated rings. The van der Waals surface area contributed by atoms with E-state index in [2.05, 4.69) is 10.0 Å². The molecule has 0 aromatic heterocycles. The number of nitrogens with one attached hydrogen (secondary N) is 2. The van der Waals surface area contributed by atoms with E-state index in [0.29, 0.717) is 17.2 Å². The van der Waals surface area contributed by atoms with Gasteiger partial charge in [0.1, 0.15) is 11.5 Å². The molecule has 0 unspecified atom stereocenters. The smallest absolute Gasteiger partial charge is 0.261 e. The van der Waals surface area contributed by atoms with Gasteiger partial charge in [0.25, 0.3) is 15.9 Å². The molecule has 3 aromatic rings. The minimum atomic E-state index is -3.83. The van der Waals surface area contributed by atoms with Gasteiger partial charge in [-0.25, -0.2) is 8.42 Å². The standard InChI is InChI=1S/C21H19ClN2O5S/c1-28-15-8-10-16(11-9-15)30(26,27)24-14-7-12-17(18(22)13-14)21(25)23-19-5-3-4-6-20(19)29-2/h3-13,24H,1-2H3,(H,23,25). The molecule has 0 bridgehead atoms. The Morgan fingerprint density at radius 1 is 0.933 bits per heavy atom. The van der Waals surface area contributed by atoms with Crippen LogP contribution in [0.4, 0.5) is 11.4 Å². The number of anilines is 2. The Balaban J connectivity index is 1.78. The van der Waals surface area contributed by atoms with E-state index in [1.165, 1.54) is 44.6 Å². The summed E-state index contributed by atoms with van der Waals surface area (Å²) in [5, 5.41) is 2.82. The van der Waals surface area contributed by atoms with Gasteiger partial charge in [-0.05, 0) is 54.6 Å². The largest absolute Gasteiger partial charge is 0.497 e. The quantitative estimate of drug-likeness (QED) is 0.560. The molecule has 0 aliphatic rings. The van der Waals surface area contributed by atoms with Crippen LogP contribution in [0.15, 0.2) is 71.6 Å². The molecule has 30 heavy (non-hydrogen) atoms. The van der Waals surface area contributed by atoms with Crippen molar-refractivity contribution in [1.82, 2.24) is 0 Å². The molecule has 0 atom stereocenters. The van der Waals surface area contributed by atoms with Crippen molar-refractivity contribution >= 4 is 38.9 Å². The highest BCUT2D eigenvalue weighted by molar-refractivity contribution is 7.92. The van der Waals surface area contributed by atoms with Crippen LogP contribution in [0.3, 0.4) is 0 Å². The summed E-state index contributed by atoms with van der Waals surface area (Å²) >= 11 is 6.24. The third kappa shape index (κ3) is 4.84. The number of rotatable bonds is 7. The molecule has 0 saturated heterocycles. The SMILES string of the molecule is COc1ccc(S(=O)(=O)Nc2ccc(C(=O)Nc3ccccc3OC)c(Cl)c2)cc1. The second-order valence-electron chi connectivity index (χ2n) is 6.13. The van der Waals surface area contributed by atoms with Crippen molar-refractivity contribution in [2.45, 2.75) is 4.90 Å². The number of hydrogen-bond acceptors (Lipinski definition) is 5. The van der Waals surface area contributed by atoms with Crippen molar-refractivity contribution < 1.29 is 22.7 Å². The summed E-state index contributed by atoms with van der Waals surface area (Å²) in [6.45, 7) is 0. The fourth-order valence-corrected chi connectivity index (χ4v) is 3.99. The number of carbonyl (C=O) groups excluding carboxylic acids is 1. The molecule has 7 nitrogen and oxygen atoms in total. The second-order valence-corrected chi connectivity index (χ2v) is 8.22. The van der Waals surface area contributed by atoms with Gasteiger partial charge in [0.05, 0.1) is 41.1 Å². The lowest BCUT2D eigenvalue weighted by Crippen LogP contribution is -2.15. The number of amides is 1. The van der Waals surface area contributed by atoms with Gasteiger partial charge in [0, 0.05) is 0 Å². The van der Waals surface area contributed by atoms with Crippen molar-refractivity contribution in [3.05, 3.63) is 77.3 Å². The summed E-state index contributed by atoms with van der Waals surface area (Å²) in [4.78, 5) is 12.6. The Hall–Kier alpha value is -3.23. The Kier molecular flexibility index (Phi) is 6.49. The summed E-state index contributed by atoms with van der Waals surface area (Å²) in [5.41, 5.74) is 0.907. The van der Waals surface area contributed by atoms with Gasteiger partial charge in [-0.3, -0.25) is 9.52 Å². The van der Waals surface area contributed by atoms with E-state index in [0.717, 1.165) is 0 Å². The zero-order chi connectivity index (χ0) is 21.7. The van der Waals surface area contributed by atoms with Crippen molar-refractivity contribution in [3.8, 4) is 11.5 Å². The van der Waals surface area contributed by atoms with Gasteiger partial charge in [0.15, 0.2) is 0 Å². The molecule has 0 aliphatic heterocycles. The molecule has 3 rings (SSSR count). The van der Waals surface area contributed by atoms with E-state index in [9.17, 15) is 13.2 Å². The number of methoxy groups -OCH3 is 2. The zero-order valence-electron chi connectivity index (χ0n) is 16.2. The topological polar surface area (TPSA) is 93.7 Å². The highest BCUT2D eigenvalue weighted by Gasteiger charge is 2.17. The number of carbonyl (C=O) groups is 1. The van der Waals surface area contributed by atoms with E-state index in [-0.39, 0.29) is 21.2 Å². The average Bonchev–Trinajstić information content (AvgIpc) is 2.74. The molecule has 0 spiro atoms. The lowest BCUT2D eigenvalue weighted by molar-refractivity contribution is 0.102. The number of benzene rings is 3. The number of hydrogen-bond donors (Lipinski definition) is 2. The zero-order valence-corrected chi connectivity index (χ0v) is 17.8. The molecule has 9 heteroatoms. The summed E-state index contributed by atoms with van der Waals surface area (Å²) in [6, 6.07) is 17.2. The van der Waals surface area contributed by atoms with Crippen molar-refractivity contribution in [2.75, 3.05) is 24.3 Å². The Morgan fingerprint density at radius 3 is 2.27 bits per heavy atom. The second kappa shape index (κ2) is 9.06. The van der Waals surface area contributed by atoms with Crippen LogP contribution in [0.1, 0.15) is 10.4 Å². The fourth-order valence-electron chi connectivity index (χ4n) is 2.67. The van der Waals surface area contributed by atoms with Gasteiger partial charge in [-0.1, -0.05) is 23.7 Å². The van der Waals surface area contributed by atoms with Crippen LogP contribution in [0, 0.1) is 0 Å². The molecule has 0 saturated carbocycles. The predicted octanol–water partition coefficient (Wildman–Crippen LogP) is 4.41. The first-order valence-corrected chi connectivity index (χ1v) is 10.6. The van der Waals surface area contributed by atoms with E-state index < -0.39 is 15.9 Å². The van der Waals surface area contributed by atoms with Crippen molar-refractivity contribution in [1.29, 1.82) is 0 Å². The van der Waals surface area contributed by atoms with Gasteiger partial charge in [0.2, 0.25) is 0 Å². The molecule has 3 aromatic carbocycles. The maximum absolute atomic E-state index is 12.6. The van der Waals surface area contributed by atoms with Crippen molar-refractivity contribution in [2.24, 2.45) is 0 Å². The lowest BCUT2D eigenvalue weighted by atomic mass is 10.2. The third-order valence-corrected chi connectivity index (χ3v) is 5.90. The predicted molar refractivity (Wildman–Crippen MR) is 116 cm³/mol. The minimum Gasteiger partial charge on any atom is -0.497 e. The Bertz CT molecular complexity index is 1160. The van der Waals surface area contributed by atoms with E-state index in [4.69, 9.17) is 21.1 Å². The normalized spacial score (nSPS) is 10.9. The van der Waals surface area contributed by atoms with Crippen molar-refractivity contribution in [3.63, 3.8) is 0 Å². The van der Waals surface area contributed by atoms with Crippen LogP contribution in [0.5, 0.6) is 11.5 Å². The summed E-state index contributed by atoms with van der Waals surface area (Å²) in [5.74, 6) is 0.599. The van der Waals surface area contributed by atoms with E-state index >= 15 is 0 Å².